The van der Waals surface area contributed by atoms with Crippen molar-refractivity contribution in [2.45, 2.75) is 62.6 Å². The van der Waals surface area contributed by atoms with Gasteiger partial charge >= 0.3 is 6.18 Å². The van der Waals surface area contributed by atoms with Crippen molar-refractivity contribution in [3.63, 3.8) is 0 Å². The van der Waals surface area contributed by atoms with Crippen molar-refractivity contribution >= 4 is 18.3 Å². The van der Waals surface area contributed by atoms with Crippen LogP contribution in [0.1, 0.15) is 56.1 Å². The smallest absolute Gasteiger partial charge is 0.355 e. The fourth-order valence-electron chi connectivity index (χ4n) is 5.15. The SMILES string of the molecule is Cl.NC1C2CCCC1CC(C(=O)NCC1(c3cccc(C(F)(F)F)c3)CC1)C2. The molecule has 0 radical (unpaired) electrons. The van der Waals surface area contributed by atoms with Crippen LogP contribution in [0, 0.1) is 17.8 Å². The Bertz CT molecular complexity index is 706. The third-order valence-corrected chi connectivity index (χ3v) is 7.04. The Kier molecular flexibility index (Phi) is 6.02. The number of benzene rings is 1. The van der Waals surface area contributed by atoms with Crippen LogP contribution in [0.25, 0.3) is 0 Å². The predicted octanol–water partition coefficient (Wildman–Crippen LogP) is 4.43. The molecule has 4 rings (SSSR count). The number of nitrogens with one attached hydrogen (secondary N) is 1. The molecule has 3 aliphatic carbocycles. The highest BCUT2D eigenvalue weighted by Crippen LogP contribution is 2.49. The fourth-order valence-corrected chi connectivity index (χ4v) is 5.15. The maximum atomic E-state index is 13.0. The Hall–Kier alpha value is -1.27. The van der Waals surface area contributed by atoms with Crippen LogP contribution < -0.4 is 11.1 Å². The van der Waals surface area contributed by atoms with Gasteiger partial charge in [-0.25, -0.2) is 0 Å². The molecule has 1 aromatic rings. The fraction of sp³-hybridized carbons (Fsp3) is 0.667. The summed E-state index contributed by atoms with van der Waals surface area (Å²) in [7, 11) is 0. The van der Waals surface area contributed by atoms with Crippen LogP contribution in [0.2, 0.25) is 0 Å². The summed E-state index contributed by atoms with van der Waals surface area (Å²) >= 11 is 0. The van der Waals surface area contributed by atoms with Gasteiger partial charge in [-0.05, 0) is 62.0 Å². The number of carbonyl (C=O) groups excluding carboxylic acids is 1. The molecule has 0 aliphatic heterocycles. The Morgan fingerprint density at radius 3 is 2.39 bits per heavy atom. The van der Waals surface area contributed by atoms with E-state index in [0.29, 0.717) is 23.9 Å². The van der Waals surface area contributed by atoms with Gasteiger partial charge in [0.1, 0.15) is 0 Å². The number of nitrogens with two attached hydrogens (primary N) is 1. The number of carbonyl (C=O) groups is 1. The van der Waals surface area contributed by atoms with Crippen molar-refractivity contribution in [2.75, 3.05) is 6.54 Å². The van der Waals surface area contributed by atoms with Crippen molar-refractivity contribution < 1.29 is 18.0 Å². The summed E-state index contributed by atoms with van der Waals surface area (Å²) in [4.78, 5) is 12.7. The van der Waals surface area contributed by atoms with Crippen LogP contribution in [0.15, 0.2) is 24.3 Å². The largest absolute Gasteiger partial charge is 0.416 e. The minimum atomic E-state index is -4.34. The maximum Gasteiger partial charge on any atom is 0.416 e. The number of hydrogen-bond acceptors (Lipinski definition) is 2. The molecule has 1 aromatic carbocycles. The van der Waals surface area contributed by atoms with Crippen molar-refractivity contribution in [1.29, 1.82) is 0 Å². The minimum Gasteiger partial charge on any atom is -0.355 e. The highest BCUT2D eigenvalue weighted by Gasteiger charge is 2.46. The van der Waals surface area contributed by atoms with E-state index in [2.05, 4.69) is 5.32 Å². The van der Waals surface area contributed by atoms with E-state index in [1.54, 1.807) is 6.07 Å². The molecule has 2 unspecified atom stereocenters. The van der Waals surface area contributed by atoms with E-state index in [4.69, 9.17) is 5.73 Å². The average Bonchev–Trinajstić information content (AvgIpc) is 3.40. The van der Waals surface area contributed by atoms with Crippen LogP contribution in [-0.4, -0.2) is 18.5 Å². The molecule has 3 fully saturated rings. The van der Waals surface area contributed by atoms with Crippen molar-refractivity contribution in [2.24, 2.45) is 23.5 Å². The second-order valence-corrected chi connectivity index (χ2v) is 8.77. The molecule has 0 spiro atoms. The van der Waals surface area contributed by atoms with Crippen LogP contribution in [-0.2, 0) is 16.4 Å². The zero-order chi connectivity index (χ0) is 19.2. The van der Waals surface area contributed by atoms with Gasteiger partial charge in [0, 0.05) is 23.9 Å². The lowest BCUT2D eigenvalue weighted by atomic mass is 9.65. The van der Waals surface area contributed by atoms with Gasteiger partial charge in [-0.1, -0.05) is 24.6 Å². The lowest BCUT2D eigenvalue weighted by molar-refractivity contribution is -0.137. The van der Waals surface area contributed by atoms with E-state index in [0.717, 1.165) is 44.6 Å². The molecular formula is C21H28ClF3N2O. The molecule has 2 atom stereocenters. The Morgan fingerprint density at radius 1 is 1.18 bits per heavy atom. The Labute approximate surface area is 170 Å². The summed E-state index contributed by atoms with van der Waals surface area (Å²) < 4.78 is 39.0. The zero-order valence-corrected chi connectivity index (χ0v) is 16.6. The molecule has 3 N–H and O–H groups in total. The number of rotatable bonds is 4. The molecule has 0 heterocycles. The molecule has 3 aliphatic rings. The van der Waals surface area contributed by atoms with Gasteiger partial charge in [0.2, 0.25) is 5.91 Å². The highest BCUT2D eigenvalue weighted by molar-refractivity contribution is 5.85. The third kappa shape index (κ3) is 4.18. The first-order valence-corrected chi connectivity index (χ1v) is 9.99. The number of halogens is 4. The standard InChI is InChI=1S/C21H27F3N2O.ClH/c22-21(23,24)17-6-2-5-16(11-17)20(7-8-20)12-26-19(27)15-9-13-3-1-4-14(10-15)18(13)25;/h2,5-6,11,13-15,18H,1,3-4,7-10,12,25H2,(H,26,27);1H. The van der Waals surface area contributed by atoms with E-state index >= 15 is 0 Å². The Morgan fingerprint density at radius 2 is 1.82 bits per heavy atom. The lowest BCUT2D eigenvalue weighted by Crippen LogP contribution is -2.49. The van der Waals surface area contributed by atoms with Crippen LogP contribution in [0.5, 0.6) is 0 Å². The number of alkyl halides is 3. The normalized spacial score (nSPS) is 30.9. The van der Waals surface area contributed by atoms with Gasteiger partial charge in [0.05, 0.1) is 5.56 Å². The lowest BCUT2D eigenvalue weighted by Gasteiger charge is -2.43. The average molecular weight is 417 g/mol. The summed E-state index contributed by atoms with van der Waals surface area (Å²) in [5.74, 6) is 0.924. The van der Waals surface area contributed by atoms with E-state index in [-0.39, 0.29) is 35.7 Å². The maximum absolute atomic E-state index is 13.0. The van der Waals surface area contributed by atoms with E-state index < -0.39 is 11.7 Å². The van der Waals surface area contributed by atoms with E-state index in [1.807, 2.05) is 0 Å². The number of fused-ring (bicyclic) bond motifs is 2. The summed E-state index contributed by atoms with van der Waals surface area (Å²) in [6.07, 6.45) is 2.40. The second-order valence-electron chi connectivity index (χ2n) is 8.77. The summed E-state index contributed by atoms with van der Waals surface area (Å²) in [5.41, 5.74) is 6.03. The Balaban J connectivity index is 0.00000225. The molecule has 156 valence electrons. The number of amides is 1. The van der Waals surface area contributed by atoms with Gasteiger partial charge in [-0.15, -0.1) is 12.4 Å². The molecule has 28 heavy (non-hydrogen) atoms. The van der Waals surface area contributed by atoms with E-state index in [9.17, 15) is 18.0 Å². The van der Waals surface area contributed by atoms with Gasteiger partial charge < -0.3 is 11.1 Å². The first kappa shape index (κ1) is 21.4. The first-order chi connectivity index (χ1) is 12.8. The molecule has 3 nitrogen and oxygen atoms in total. The molecule has 0 saturated heterocycles. The predicted molar refractivity (Wildman–Crippen MR) is 104 cm³/mol. The van der Waals surface area contributed by atoms with Gasteiger partial charge in [-0.2, -0.15) is 13.2 Å². The summed E-state index contributed by atoms with van der Waals surface area (Å²) in [6, 6.07) is 5.77. The molecule has 2 bridgehead atoms. The second kappa shape index (κ2) is 7.86. The summed E-state index contributed by atoms with van der Waals surface area (Å²) in [5, 5.41) is 3.05. The monoisotopic (exact) mass is 416 g/mol. The quantitative estimate of drug-likeness (QED) is 0.762. The zero-order valence-electron chi connectivity index (χ0n) is 15.8. The topological polar surface area (TPSA) is 55.1 Å². The minimum absolute atomic E-state index is 0. The van der Waals surface area contributed by atoms with Gasteiger partial charge in [0.15, 0.2) is 0 Å². The van der Waals surface area contributed by atoms with E-state index in [1.165, 1.54) is 18.6 Å². The first-order valence-electron chi connectivity index (χ1n) is 9.99. The molecular weight excluding hydrogens is 389 g/mol. The molecule has 0 aromatic heterocycles. The third-order valence-electron chi connectivity index (χ3n) is 7.04. The van der Waals surface area contributed by atoms with Gasteiger partial charge in [0.25, 0.3) is 0 Å². The molecule has 7 heteroatoms. The van der Waals surface area contributed by atoms with Crippen LogP contribution in [0.3, 0.4) is 0 Å². The van der Waals surface area contributed by atoms with Crippen molar-refractivity contribution in [1.82, 2.24) is 5.32 Å². The van der Waals surface area contributed by atoms with Gasteiger partial charge in [-0.3, -0.25) is 4.79 Å². The number of hydrogen-bond donors (Lipinski definition) is 2. The van der Waals surface area contributed by atoms with Crippen LogP contribution >= 0.6 is 12.4 Å². The molecule has 3 saturated carbocycles. The highest BCUT2D eigenvalue weighted by atomic mass is 35.5. The summed E-state index contributed by atoms with van der Waals surface area (Å²) in [6.45, 7) is 0.422. The van der Waals surface area contributed by atoms with Crippen molar-refractivity contribution in [3.8, 4) is 0 Å². The molecule has 1 amide bonds. The van der Waals surface area contributed by atoms with Crippen LogP contribution in [0.4, 0.5) is 13.2 Å². The van der Waals surface area contributed by atoms with Crippen molar-refractivity contribution in [3.05, 3.63) is 35.4 Å².